The first-order chi connectivity index (χ1) is 19.5. The second-order valence-electron chi connectivity index (χ2n) is 8.32. The maximum atomic E-state index is 12.2. The van der Waals surface area contributed by atoms with Crippen molar-refractivity contribution in [2.75, 3.05) is 18.5 Å². The van der Waals surface area contributed by atoms with Gasteiger partial charge in [-0.1, -0.05) is 12.1 Å². The highest BCUT2D eigenvalue weighted by molar-refractivity contribution is 6.00. The Bertz CT molecular complexity index is 1500. The summed E-state index contributed by atoms with van der Waals surface area (Å²) in [6.07, 6.45) is -0.573. The molecule has 210 valence electrons. The summed E-state index contributed by atoms with van der Waals surface area (Å²) in [6.45, 7) is -1.22. The van der Waals surface area contributed by atoms with E-state index in [2.05, 4.69) is 5.32 Å². The Morgan fingerprint density at radius 3 is 1.88 bits per heavy atom. The van der Waals surface area contributed by atoms with Crippen molar-refractivity contribution in [3.63, 3.8) is 0 Å². The van der Waals surface area contributed by atoms with Gasteiger partial charge in [0.25, 0.3) is 11.4 Å². The lowest BCUT2D eigenvalue weighted by Gasteiger charge is -2.08. The van der Waals surface area contributed by atoms with Crippen molar-refractivity contribution in [1.82, 2.24) is 0 Å². The fourth-order valence-corrected chi connectivity index (χ4v) is 3.29. The largest absolute Gasteiger partial charge is 0.457 e. The zero-order valence-electron chi connectivity index (χ0n) is 21.1. The van der Waals surface area contributed by atoms with Gasteiger partial charge in [0.2, 0.25) is 11.7 Å². The van der Waals surface area contributed by atoms with Gasteiger partial charge in [0.1, 0.15) is 0 Å². The van der Waals surface area contributed by atoms with Crippen LogP contribution in [0, 0.1) is 20.2 Å². The van der Waals surface area contributed by atoms with Crippen molar-refractivity contribution in [2.24, 2.45) is 0 Å². The minimum absolute atomic E-state index is 0.0185. The van der Waals surface area contributed by atoms with Crippen LogP contribution in [0.1, 0.15) is 43.9 Å². The van der Waals surface area contributed by atoms with Crippen LogP contribution in [-0.4, -0.2) is 52.5 Å². The van der Waals surface area contributed by atoms with Gasteiger partial charge in [-0.2, -0.15) is 0 Å². The number of nitro groups is 2. The molecule has 41 heavy (non-hydrogen) atoms. The number of nitrogens with zero attached hydrogens (tertiary/aromatic N) is 2. The second-order valence-corrected chi connectivity index (χ2v) is 8.32. The van der Waals surface area contributed by atoms with Gasteiger partial charge in [0, 0.05) is 47.5 Å². The maximum absolute atomic E-state index is 12.2. The van der Waals surface area contributed by atoms with E-state index < -0.39 is 52.5 Å². The molecule has 3 rings (SSSR count). The SMILES string of the molecule is O=C(CCC(=O)OCC(=O)c1ccc([N+](=O)[O-])cc1)Nc1ccc(C(=O)OCC(=O)c2cccc([N+](=O)[O-])c2)cc1. The number of rotatable bonds is 13. The van der Waals surface area contributed by atoms with Crippen molar-refractivity contribution >= 4 is 46.5 Å². The molecular weight excluding hydrogens is 542 g/mol. The smallest absolute Gasteiger partial charge is 0.338 e. The molecule has 0 saturated carbocycles. The number of nitro benzene ring substituents is 2. The van der Waals surface area contributed by atoms with Crippen LogP contribution in [0.3, 0.4) is 0 Å². The summed E-state index contributed by atoms with van der Waals surface area (Å²) in [5.74, 6) is -3.35. The summed E-state index contributed by atoms with van der Waals surface area (Å²) in [7, 11) is 0. The van der Waals surface area contributed by atoms with Gasteiger partial charge in [0.05, 0.1) is 21.8 Å². The van der Waals surface area contributed by atoms with Crippen LogP contribution >= 0.6 is 0 Å². The number of ketones is 2. The van der Waals surface area contributed by atoms with Crippen molar-refractivity contribution in [2.45, 2.75) is 12.8 Å². The van der Waals surface area contributed by atoms with Crippen molar-refractivity contribution < 1.29 is 43.3 Å². The minimum Gasteiger partial charge on any atom is -0.457 e. The number of amides is 1. The Balaban J connectivity index is 1.40. The number of Topliss-reactive ketones (excluding diaryl/α,β-unsaturated/α-hetero) is 2. The number of hydrogen-bond acceptors (Lipinski definition) is 11. The normalized spacial score (nSPS) is 10.2. The van der Waals surface area contributed by atoms with E-state index in [4.69, 9.17) is 9.47 Å². The Kier molecular flexibility index (Phi) is 10.0. The predicted molar refractivity (Wildman–Crippen MR) is 140 cm³/mol. The molecule has 1 amide bonds. The second kappa shape index (κ2) is 13.8. The molecule has 0 radical (unpaired) electrons. The molecule has 14 heteroatoms. The molecular formula is C27H21N3O11. The summed E-state index contributed by atoms with van der Waals surface area (Å²) in [6, 6.07) is 15.3. The highest BCUT2D eigenvalue weighted by Gasteiger charge is 2.16. The summed E-state index contributed by atoms with van der Waals surface area (Å²) in [5.41, 5.74) is 0.0715. The topological polar surface area (TPSA) is 202 Å². The molecule has 0 bridgehead atoms. The monoisotopic (exact) mass is 563 g/mol. The van der Waals surface area contributed by atoms with Gasteiger partial charge in [-0.25, -0.2) is 4.79 Å². The molecule has 0 aliphatic carbocycles. The van der Waals surface area contributed by atoms with E-state index in [1.165, 1.54) is 54.6 Å². The fourth-order valence-electron chi connectivity index (χ4n) is 3.29. The fraction of sp³-hybridized carbons (Fsp3) is 0.148. The van der Waals surface area contributed by atoms with Gasteiger partial charge in [-0.15, -0.1) is 0 Å². The summed E-state index contributed by atoms with van der Waals surface area (Å²) >= 11 is 0. The molecule has 0 unspecified atom stereocenters. The maximum Gasteiger partial charge on any atom is 0.338 e. The van der Waals surface area contributed by atoms with Gasteiger partial charge in [-0.3, -0.25) is 39.4 Å². The quantitative estimate of drug-likeness (QED) is 0.137. The number of ether oxygens (including phenoxy) is 2. The molecule has 0 heterocycles. The van der Waals surface area contributed by atoms with Crippen LogP contribution in [0.5, 0.6) is 0 Å². The third-order valence-corrected chi connectivity index (χ3v) is 5.44. The van der Waals surface area contributed by atoms with Crippen molar-refractivity contribution in [3.8, 4) is 0 Å². The van der Waals surface area contributed by atoms with Crippen molar-refractivity contribution in [3.05, 3.63) is 110 Å². The first kappa shape index (κ1) is 29.8. The zero-order chi connectivity index (χ0) is 29.9. The van der Waals surface area contributed by atoms with E-state index >= 15 is 0 Å². The Morgan fingerprint density at radius 1 is 0.659 bits per heavy atom. The predicted octanol–water partition coefficient (Wildman–Crippen LogP) is 3.69. The van der Waals surface area contributed by atoms with E-state index in [0.29, 0.717) is 5.69 Å². The lowest BCUT2D eigenvalue weighted by atomic mass is 10.1. The summed E-state index contributed by atoms with van der Waals surface area (Å²) < 4.78 is 9.82. The molecule has 0 spiro atoms. The Morgan fingerprint density at radius 2 is 1.24 bits per heavy atom. The first-order valence-corrected chi connectivity index (χ1v) is 11.8. The van der Waals surface area contributed by atoms with Gasteiger partial charge < -0.3 is 14.8 Å². The van der Waals surface area contributed by atoms with Crippen LogP contribution in [0.4, 0.5) is 17.1 Å². The van der Waals surface area contributed by atoms with E-state index in [1.807, 2.05) is 0 Å². The molecule has 0 atom stereocenters. The third-order valence-electron chi connectivity index (χ3n) is 5.44. The molecule has 0 aliphatic rings. The number of benzene rings is 3. The van der Waals surface area contributed by atoms with Crippen LogP contribution in [0.15, 0.2) is 72.8 Å². The molecule has 0 aliphatic heterocycles. The van der Waals surface area contributed by atoms with E-state index in [0.717, 1.165) is 18.2 Å². The number of esters is 2. The Hall–Kier alpha value is -5.79. The van der Waals surface area contributed by atoms with Crippen molar-refractivity contribution in [1.29, 1.82) is 0 Å². The summed E-state index contributed by atoms with van der Waals surface area (Å²) in [5, 5.41) is 24.0. The third kappa shape index (κ3) is 8.88. The number of anilines is 1. The highest BCUT2D eigenvalue weighted by Crippen LogP contribution is 2.16. The van der Waals surface area contributed by atoms with Crippen LogP contribution in [0.2, 0.25) is 0 Å². The molecule has 0 fully saturated rings. The van der Waals surface area contributed by atoms with Crippen LogP contribution in [-0.2, 0) is 19.1 Å². The highest BCUT2D eigenvalue weighted by atomic mass is 16.6. The minimum atomic E-state index is -0.826. The summed E-state index contributed by atoms with van der Waals surface area (Å²) in [4.78, 5) is 80.8. The molecule has 0 aromatic heterocycles. The van der Waals surface area contributed by atoms with E-state index in [9.17, 15) is 44.2 Å². The number of nitrogens with one attached hydrogen (secondary N) is 1. The van der Waals surface area contributed by atoms with Crippen LogP contribution < -0.4 is 5.32 Å². The van der Waals surface area contributed by atoms with Gasteiger partial charge in [-0.05, 0) is 36.4 Å². The number of non-ortho nitro benzene ring substituents is 2. The average molecular weight is 563 g/mol. The standard InChI is InChI=1S/C27H21N3O11/c31-23(17-6-10-21(11-7-17)29(36)37)15-40-26(34)13-12-25(33)28-20-8-4-18(5-9-20)27(35)41-16-24(32)19-2-1-3-22(14-19)30(38)39/h1-11,14H,12-13,15-16H2,(H,28,33). The molecule has 14 nitrogen and oxygen atoms in total. The van der Waals surface area contributed by atoms with E-state index in [1.54, 1.807) is 0 Å². The van der Waals surface area contributed by atoms with Gasteiger partial charge in [0.15, 0.2) is 19.0 Å². The molecule has 3 aromatic rings. The number of hydrogen-bond donors (Lipinski definition) is 1. The average Bonchev–Trinajstić information content (AvgIpc) is 2.97. The number of carbonyl (C=O) groups is 5. The van der Waals surface area contributed by atoms with E-state index in [-0.39, 0.29) is 40.9 Å². The Labute approximate surface area is 231 Å². The van der Waals surface area contributed by atoms with Gasteiger partial charge >= 0.3 is 11.9 Å². The molecule has 1 N–H and O–H groups in total. The molecule has 0 saturated heterocycles. The molecule has 3 aromatic carbocycles. The zero-order valence-corrected chi connectivity index (χ0v) is 21.1. The van der Waals surface area contributed by atoms with Crippen LogP contribution in [0.25, 0.3) is 0 Å². The lowest BCUT2D eigenvalue weighted by Crippen LogP contribution is -2.17. The number of carbonyl (C=O) groups excluding carboxylic acids is 5. The first-order valence-electron chi connectivity index (χ1n) is 11.8. The lowest BCUT2D eigenvalue weighted by molar-refractivity contribution is -0.385.